The first-order chi connectivity index (χ1) is 16.1. The molecular weight excluding hydrogens is 454 g/mol. The average Bonchev–Trinajstić information content (AvgIpc) is 3.37. The minimum Gasteiger partial charge on any atom is -0.354 e. The third kappa shape index (κ3) is 6.71. The van der Waals surface area contributed by atoms with Gasteiger partial charge >= 0.3 is 0 Å². The zero-order chi connectivity index (χ0) is 22.9. The molecule has 3 aromatic rings. The van der Waals surface area contributed by atoms with Crippen LogP contribution in [0.25, 0.3) is 0 Å². The van der Waals surface area contributed by atoms with Crippen LogP contribution < -0.4 is 4.90 Å². The van der Waals surface area contributed by atoms with Gasteiger partial charge in [-0.15, -0.1) is 11.3 Å². The summed E-state index contributed by atoms with van der Waals surface area (Å²) in [6.45, 7) is 2.08. The molecule has 3 aromatic heterocycles. The summed E-state index contributed by atoms with van der Waals surface area (Å²) in [7, 11) is -3.41. The van der Waals surface area contributed by atoms with Gasteiger partial charge in [-0.2, -0.15) is 4.31 Å². The third-order valence-corrected chi connectivity index (χ3v) is 7.59. The molecule has 0 atom stereocenters. The second-order valence-corrected chi connectivity index (χ2v) is 10.3. The third-order valence-electron chi connectivity index (χ3n) is 5.18. The maximum atomic E-state index is 12.6. The van der Waals surface area contributed by atoms with Crippen molar-refractivity contribution in [3.63, 3.8) is 0 Å². The Balaban J connectivity index is 1.24. The molecule has 0 aromatic carbocycles. The van der Waals surface area contributed by atoms with Crippen LogP contribution in [0.2, 0.25) is 0 Å². The summed E-state index contributed by atoms with van der Waals surface area (Å²) >= 11 is 1.61. The number of unbranched alkanes of at least 4 members (excludes halogenated alkanes) is 1. The zero-order valence-corrected chi connectivity index (χ0v) is 19.8. The highest BCUT2D eigenvalue weighted by molar-refractivity contribution is 7.92. The van der Waals surface area contributed by atoms with Crippen LogP contribution in [0.15, 0.2) is 65.8 Å². The highest BCUT2D eigenvalue weighted by atomic mass is 32.2. The number of pyridine rings is 1. The summed E-state index contributed by atoms with van der Waals surface area (Å²) in [6.07, 6.45) is 9.13. The fourth-order valence-electron chi connectivity index (χ4n) is 3.41. The molecule has 4 heterocycles. The molecule has 0 bridgehead atoms. The van der Waals surface area contributed by atoms with Crippen LogP contribution in [-0.2, 0) is 16.4 Å². The molecule has 170 valence electrons. The Morgan fingerprint density at radius 2 is 1.82 bits per heavy atom. The van der Waals surface area contributed by atoms with Crippen molar-refractivity contribution in [1.29, 1.82) is 0 Å². The van der Waals surface area contributed by atoms with E-state index in [0.29, 0.717) is 32.6 Å². The molecule has 1 aliphatic rings. The molecule has 0 radical (unpaired) electrons. The van der Waals surface area contributed by atoms with Crippen molar-refractivity contribution in [3.8, 4) is 11.8 Å². The van der Waals surface area contributed by atoms with Crippen molar-refractivity contribution >= 4 is 27.2 Å². The number of allylic oxidation sites excluding steroid dienone is 1. The molecule has 4 rings (SSSR count). The van der Waals surface area contributed by atoms with Gasteiger partial charge in [0.15, 0.2) is 0 Å². The smallest absolute Gasteiger partial charge is 0.236 e. The van der Waals surface area contributed by atoms with Gasteiger partial charge in [-0.25, -0.2) is 23.4 Å². The summed E-state index contributed by atoms with van der Waals surface area (Å²) in [5.41, 5.74) is 0.859. The van der Waals surface area contributed by atoms with E-state index in [0.717, 1.165) is 34.9 Å². The molecular formula is C24H25N5O2S2. The monoisotopic (exact) mass is 479 g/mol. The number of hydrogen-bond acceptors (Lipinski definition) is 7. The molecule has 0 spiro atoms. The number of thiophene rings is 1. The van der Waals surface area contributed by atoms with E-state index in [1.165, 1.54) is 9.71 Å². The highest BCUT2D eigenvalue weighted by Gasteiger charge is 2.25. The van der Waals surface area contributed by atoms with Crippen LogP contribution in [0, 0.1) is 11.8 Å². The van der Waals surface area contributed by atoms with Crippen LogP contribution in [0.3, 0.4) is 0 Å². The number of aromatic nitrogens is 3. The fourth-order valence-corrected chi connectivity index (χ4v) is 5.21. The van der Waals surface area contributed by atoms with Gasteiger partial charge in [0.1, 0.15) is 11.6 Å². The van der Waals surface area contributed by atoms with Crippen molar-refractivity contribution in [2.24, 2.45) is 0 Å². The molecule has 0 aliphatic carbocycles. The van der Waals surface area contributed by atoms with Crippen LogP contribution in [0.5, 0.6) is 0 Å². The number of hydrogen-bond donors (Lipinski definition) is 0. The standard InChI is InChI=1S/C24H25N5O2S2/c30-33(31,19-3-1-2-7-23-25-12-5-13-26-23)29-16-14-28(15-17-29)24-11-9-21(20-27-24)8-10-22-6-4-18-32-22/h3-6,9,11-13,18-20H,1-2,7,14-17H2/b19-3-. The minimum absolute atomic E-state index is 0.437. The molecule has 7 nitrogen and oxygen atoms in total. The molecule has 33 heavy (non-hydrogen) atoms. The van der Waals surface area contributed by atoms with Gasteiger partial charge in [-0.3, -0.25) is 0 Å². The number of sulfonamides is 1. The predicted molar refractivity (Wildman–Crippen MR) is 131 cm³/mol. The minimum atomic E-state index is -3.41. The maximum Gasteiger partial charge on any atom is 0.236 e. The van der Waals surface area contributed by atoms with E-state index >= 15 is 0 Å². The second-order valence-electron chi connectivity index (χ2n) is 7.49. The Labute approximate surface area is 198 Å². The van der Waals surface area contributed by atoms with Crippen molar-refractivity contribution in [1.82, 2.24) is 19.3 Å². The van der Waals surface area contributed by atoms with E-state index in [1.807, 2.05) is 29.6 Å². The Hall–Kier alpha value is -3.06. The summed E-state index contributed by atoms with van der Waals surface area (Å²) < 4.78 is 26.8. The summed E-state index contributed by atoms with van der Waals surface area (Å²) in [5.74, 6) is 7.86. The van der Waals surface area contributed by atoms with Crippen LogP contribution in [0.4, 0.5) is 5.82 Å². The average molecular weight is 480 g/mol. The predicted octanol–water partition coefficient (Wildman–Crippen LogP) is 3.32. The van der Waals surface area contributed by atoms with E-state index < -0.39 is 10.0 Å². The van der Waals surface area contributed by atoms with E-state index in [4.69, 9.17) is 0 Å². The van der Waals surface area contributed by atoms with Crippen molar-refractivity contribution < 1.29 is 8.42 Å². The lowest BCUT2D eigenvalue weighted by Gasteiger charge is -2.34. The molecule has 9 heteroatoms. The fraction of sp³-hybridized carbons (Fsp3) is 0.292. The lowest BCUT2D eigenvalue weighted by Crippen LogP contribution is -2.48. The molecule has 1 saturated heterocycles. The first-order valence-electron chi connectivity index (χ1n) is 10.8. The number of nitrogens with zero attached hydrogens (tertiary/aromatic N) is 5. The van der Waals surface area contributed by atoms with Crippen molar-refractivity contribution in [2.45, 2.75) is 19.3 Å². The molecule has 0 unspecified atom stereocenters. The van der Waals surface area contributed by atoms with Crippen LogP contribution >= 0.6 is 11.3 Å². The molecule has 0 saturated carbocycles. The van der Waals surface area contributed by atoms with Crippen molar-refractivity contribution in [3.05, 3.63) is 82.1 Å². The topological polar surface area (TPSA) is 79.3 Å². The summed E-state index contributed by atoms with van der Waals surface area (Å²) in [4.78, 5) is 16.0. The van der Waals surface area contributed by atoms with Crippen LogP contribution in [0.1, 0.15) is 29.1 Å². The van der Waals surface area contributed by atoms with Gasteiger partial charge < -0.3 is 4.90 Å². The molecule has 1 aliphatic heterocycles. The highest BCUT2D eigenvalue weighted by Crippen LogP contribution is 2.17. The van der Waals surface area contributed by atoms with Crippen LogP contribution in [-0.4, -0.2) is 53.9 Å². The number of rotatable bonds is 7. The number of piperazine rings is 1. The van der Waals surface area contributed by atoms with Gasteiger partial charge in [0.05, 0.1) is 4.88 Å². The molecule has 1 fully saturated rings. The largest absolute Gasteiger partial charge is 0.354 e. The first kappa shape index (κ1) is 23.1. The van der Waals surface area contributed by atoms with Gasteiger partial charge in [-0.05, 0) is 42.5 Å². The van der Waals surface area contributed by atoms with Gasteiger partial charge in [0.2, 0.25) is 10.0 Å². The second kappa shape index (κ2) is 11.2. The maximum absolute atomic E-state index is 12.6. The van der Waals surface area contributed by atoms with Gasteiger partial charge in [0, 0.05) is 62.2 Å². The molecule has 0 N–H and O–H groups in total. The van der Waals surface area contributed by atoms with Crippen molar-refractivity contribution in [2.75, 3.05) is 31.1 Å². The normalized spacial score (nSPS) is 14.8. The lowest BCUT2D eigenvalue weighted by atomic mass is 10.2. The van der Waals surface area contributed by atoms with Gasteiger partial charge in [0.25, 0.3) is 0 Å². The Morgan fingerprint density at radius 3 is 2.52 bits per heavy atom. The van der Waals surface area contributed by atoms with Gasteiger partial charge in [-0.1, -0.05) is 24.0 Å². The number of aryl methyl sites for hydroxylation is 1. The number of anilines is 1. The SMILES string of the molecule is O=S(=O)(/C=C\CCCc1ncccn1)N1CCN(c2ccc(C#Cc3cccs3)cn2)CC1. The Kier molecular flexibility index (Phi) is 7.83. The summed E-state index contributed by atoms with van der Waals surface area (Å²) in [5, 5.41) is 3.33. The molecule has 0 amide bonds. The Bertz CT molecular complexity index is 1210. The van der Waals surface area contributed by atoms with E-state index in [1.54, 1.807) is 42.1 Å². The van der Waals surface area contributed by atoms with E-state index in [9.17, 15) is 8.42 Å². The summed E-state index contributed by atoms with van der Waals surface area (Å²) in [6, 6.07) is 9.65. The zero-order valence-electron chi connectivity index (χ0n) is 18.2. The lowest BCUT2D eigenvalue weighted by molar-refractivity contribution is 0.388. The quantitative estimate of drug-likeness (QED) is 0.382. The van der Waals surface area contributed by atoms with E-state index in [2.05, 4.69) is 31.7 Å². The first-order valence-corrected chi connectivity index (χ1v) is 13.2. The van der Waals surface area contributed by atoms with E-state index in [-0.39, 0.29) is 0 Å². The Morgan fingerprint density at radius 1 is 1.00 bits per heavy atom.